The number of rotatable bonds is 5. The van der Waals surface area contributed by atoms with E-state index in [9.17, 15) is 9.59 Å². The molecular formula is C20H28N4O2. The predicted octanol–water partition coefficient (Wildman–Crippen LogP) is 2.19. The van der Waals surface area contributed by atoms with E-state index in [0.717, 1.165) is 56.8 Å². The standard InChI is InChI=1S/C20H28N4O2/c25-18(5-4-17-12-21-15-22-13-17)23-10-1-7-20(9-11-23)8-6-19(26)24(20)14-16-2-3-16/h12-13,15-16H,1-11,14H2. The first-order chi connectivity index (χ1) is 12.7. The molecule has 2 aliphatic heterocycles. The molecule has 1 aromatic rings. The van der Waals surface area contributed by atoms with Crippen molar-refractivity contribution in [3.8, 4) is 0 Å². The summed E-state index contributed by atoms with van der Waals surface area (Å²) < 4.78 is 0. The molecule has 26 heavy (non-hydrogen) atoms. The molecule has 1 atom stereocenters. The topological polar surface area (TPSA) is 66.4 Å². The van der Waals surface area contributed by atoms with Crippen molar-refractivity contribution < 1.29 is 9.59 Å². The molecule has 3 fully saturated rings. The van der Waals surface area contributed by atoms with Gasteiger partial charge in [0.15, 0.2) is 0 Å². The van der Waals surface area contributed by atoms with Gasteiger partial charge in [-0.25, -0.2) is 9.97 Å². The number of hydrogen-bond donors (Lipinski definition) is 0. The van der Waals surface area contributed by atoms with Crippen LogP contribution in [-0.4, -0.2) is 56.8 Å². The SMILES string of the molecule is O=C(CCc1cncnc1)N1CCCC2(CCC(=O)N2CC2CC2)CC1. The van der Waals surface area contributed by atoms with Gasteiger partial charge in [0.05, 0.1) is 0 Å². The summed E-state index contributed by atoms with van der Waals surface area (Å²) >= 11 is 0. The molecule has 0 aromatic carbocycles. The van der Waals surface area contributed by atoms with Gasteiger partial charge < -0.3 is 9.80 Å². The van der Waals surface area contributed by atoms with Gasteiger partial charge in [-0.3, -0.25) is 9.59 Å². The molecule has 3 heterocycles. The molecule has 1 aromatic heterocycles. The maximum Gasteiger partial charge on any atom is 0.223 e. The van der Waals surface area contributed by atoms with Crippen molar-refractivity contribution in [3.05, 3.63) is 24.3 Å². The van der Waals surface area contributed by atoms with Crippen LogP contribution < -0.4 is 0 Å². The zero-order valence-electron chi connectivity index (χ0n) is 15.4. The van der Waals surface area contributed by atoms with Gasteiger partial charge in [0.2, 0.25) is 11.8 Å². The van der Waals surface area contributed by atoms with Gasteiger partial charge in [-0.05, 0) is 56.4 Å². The van der Waals surface area contributed by atoms with Crippen molar-refractivity contribution in [1.29, 1.82) is 0 Å². The van der Waals surface area contributed by atoms with Crippen LogP contribution in [0.5, 0.6) is 0 Å². The van der Waals surface area contributed by atoms with Crippen LogP contribution in [-0.2, 0) is 16.0 Å². The second-order valence-electron chi connectivity index (χ2n) is 8.15. The Labute approximate surface area is 155 Å². The molecule has 3 aliphatic rings. The van der Waals surface area contributed by atoms with Crippen molar-refractivity contribution in [3.63, 3.8) is 0 Å². The summed E-state index contributed by atoms with van der Waals surface area (Å²) in [7, 11) is 0. The Balaban J connectivity index is 1.35. The van der Waals surface area contributed by atoms with Crippen molar-refractivity contribution >= 4 is 11.8 Å². The van der Waals surface area contributed by atoms with E-state index in [2.05, 4.69) is 14.9 Å². The van der Waals surface area contributed by atoms with E-state index >= 15 is 0 Å². The molecule has 0 bridgehead atoms. The fourth-order valence-electron chi connectivity index (χ4n) is 4.54. The minimum absolute atomic E-state index is 0.0158. The largest absolute Gasteiger partial charge is 0.343 e. The molecule has 0 N–H and O–H groups in total. The Morgan fingerprint density at radius 3 is 2.73 bits per heavy atom. The van der Waals surface area contributed by atoms with Crippen molar-refractivity contribution in [2.24, 2.45) is 5.92 Å². The highest BCUT2D eigenvalue weighted by molar-refractivity contribution is 5.80. The molecule has 2 saturated heterocycles. The van der Waals surface area contributed by atoms with Crippen LogP contribution in [0.4, 0.5) is 0 Å². The lowest BCUT2D eigenvalue weighted by Crippen LogP contribution is -2.47. The molecule has 6 nitrogen and oxygen atoms in total. The van der Waals surface area contributed by atoms with Crippen LogP contribution in [0.15, 0.2) is 18.7 Å². The van der Waals surface area contributed by atoms with Gasteiger partial charge in [-0.1, -0.05) is 0 Å². The summed E-state index contributed by atoms with van der Waals surface area (Å²) in [5.41, 5.74) is 1.02. The third-order valence-corrected chi connectivity index (χ3v) is 6.33. The van der Waals surface area contributed by atoms with Crippen LogP contribution in [0.3, 0.4) is 0 Å². The maximum absolute atomic E-state index is 12.7. The third-order valence-electron chi connectivity index (χ3n) is 6.33. The first kappa shape index (κ1) is 17.4. The van der Waals surface area contributed by atoms with Gasteiger partial charge in [0, 0.05) is 50.4 Å². The smallest absolute Gasteiger partial charge is 0.223 e. The zero-order chi connectivity index (χ0) is 18.0. The first-order valence-corrected chi connectivity index (χ1v) is 9.98. The van der Waals surface area contributed by atoms with Crippen LogP contribution >= 0.6 is 0 Å². The minimum atomic E-state index is 0.0158. The van der Waals surface area contributed by atoms with Crippen molar-refractivity contribution in [2.45, 2.75) is 63.3 Å². The molecule has 1 unspecified atom stereocenters. The summed E-state index contributed by atoms with van der Waals surface area (Å²) in [6.07, 6.45) is 13.4. The normalized spacial score (nSPS) is 26.4. The maximum atomic E-state index is 12.7. The van der Waals surface area contributed by atoms with Gasteiger partial charge in [0.1, 0.15) is 6.33 Å². The quantitative estimate of drug-likeness (QED) is 0.811. The highest BCUT2D eigenvalue weighted by Gasteiger charge is 2.47. The van der Waals surface area contributed by atoms with Crippen LogP contribution in [0.25, 0.3) is 0 Å². The van der Waals surface area contributed by atoms with Crippen LogP contribution in [0, 0.1) is 5.92 Å². The summed E-state index contributed by atoms with van der Waals surface area (Å²) in [6, 6.07) is 0. The summed E-state index contributed by atoms with van der Waals surface area (Å²) in [5.74, 6) is 1.27. The number of carbonyl (C=O) groups excluding carboxylic acids is 2. The van der Waals surface area contributed by atoms with E-state index < -0.39 is 0 Å². The molecule has 1 spiro atoms. The molecule has 1 saturated carbocycles. The van der Waals surface area contributed by atoms with E-state index in [4.69, 9.17) is 0 Å². The van der Waals surface area contributed by atoms with Gasteiger partial charge in [-0.2, -0.15) is 0 Å². The summed E-state index contributed by atoms with van der Waals surface area (Å²) in [6.45, 7) is 2.54. The second kappa shape index (κ2) is 7.33. The fraction of sp³-hybridized carbons (Fsp3) is 0.700. The number of hydrogen-bond acceptors (Lipinski definition) is 4. The number of carbonyl (C=O) groups is 2. The van der Waals surface area contributed by atoms with E-state index in [1.54, 1.807) is 12.4 Å². The lowest BCUT2D eigenvalue weighted by Gasteiger charge is -2.38. The highest BCUT2D eigenvalue weighted by Crippen LogP contribution is 2.42. The Kier molecular flexibility index (Phi) is 4.92. The average molecular weight is 356 g/mol. The lowest BCUT2D eigenvalue weighted by molar-refractivity contribution is -0.132. The number of amides is 2. The number of likely N-dealkylation sites (tertiary alicyclic amines) is 2. The molecule has 140 valence electrons. The molecule has 6 heteroatoms. The van der Waals surface area contributed by atoms with E-state index in [0.29, 0.717) is 25.2 Å². The van der Waals surface area contributed by atoms with E-state index in [-0.39, 0.29) is 11.4 Å². The van der Waals surface area contributed by atoms with E-state index in [1.165, 1.54) is 19.2 Å². The Bertz CT molecular complexity index is 661. The van der Waals surface area contributed by atoms with E-state index in [1.807, 2.05) is 4.90 Å². The fourth-order valence-corrected chi connectivity index (χ4v) is 4.54. The number of aromatic nitrogens is 2. The molecular weight excluding hydrogens is 328 g/mol. The summed E-state index contributed by atoms with van der Waals surface area (Å²) in [5, 5.41) is 0. The molecule has 2 amide bonds. The monoisotopic (exact) mass is 356 g/mol. The van der Waals surface area contributed by atoms with Crippen molar-refractivity contribution in [1.82, 2.24) is 19.8 Å². The molecule has 0 radical (unpaired) electrons. The molecule has 1 aliphatic carbocycles. The van der Waals surface area contributed by atoms with Crippen LogP contribution in [0.1, 0.15) is 56.9 Å². The van der Waals surface area contributed by atoms with Crippen LogP contribution in [0.2, 0.25) is 0 Å². The third kappa shape index (κ3) is 3.74. The highest BCUT2D eigenvalue weighted by atomic mass is 16.2. The second-order valence-corrected chi connectivity index (χ2v) is 8.15. The first-order valence-electron chi connectivity index (χ1n) is 9.98. The Hall–Kier alpha value is -1.98. The summed E-state index contributed by atoms with van der Waals surface area (Å²) in [4.78, 5) is 37.3. The minimum Gasteiger partial charge on any atom is -0.343 e. The number of nitrogens with zero attached hydrogens (tertiary/aromatic N) is 4. The average Bonchev–Trinajstić information content (AvgIpc) is 3.45. The van der Waals surface area contributed by atoms with Gasteiger partial charge >= 0.3 is 0 Å². The Morgan fingerprint density at radius 1 is 1.15 bits per heavy atom. The van der Waals surface area contributed by atoms with Gasteiger partial charge in [-0.15, -0.1) is 0 Å². The lowest BCUT2D eigenvalue weighted by atomic mass is 9.87. The van der Waals surface area contributed by atoms with Crippen molar-refractivity contribution in [2.75, 3.05) is 19.6 Å². The Morgan fingerprint density at radius 2 is 1.96 bits per heavy atom. The molecule has 4 rings (SSSR count). The predicted molar refractivity (Wildman–Crippen MR) is 97.2 cm³/mol. The zero-order valence-corrected chi connectivity index (χ0v) is 15.4. The number of aryl methyl sites for hydroxylation is 1. The van der Waals surface area contributed by atoms with Gasteiger partial charge in [0.25, 0.3) is 0 Å².